The summed E-state index contributed by atoms with van der Waals surface area (Å²) in [7, 11) is 1.83. The van der Waals surface area contributed by atoms with E-state index in [4.69, 9.17) is 4.52 Å². The fourth-order valence-corrected chi connectivity index (χ4v) is 4.18. The van der Waals surface area contributed by atoms with E-state index in [1.54, 1.807) is 9.36 Å². The molecule has 5 rings (SSSR count). The summed E-state index contributed by atoms with van der Waals surface area (Å²) < 4.78 is 10.2. The van der Waals surface area contributed by atoms with E-state index in [1.165, 1.54) is 16.4 Å². The first-order chi connectivity index (χ1) is 16.0. The van der Waals surface area contributed by atoms with Gasteiger partial charge in [-0.2, -0.15) is 9.67 Å². The third-order valence-electron chi connectivity index (χ3n) is 5.28. The van der Waals surface area contributed by atoms with Gasteiger partial charge in [0, 0.05) is 12.6 Å². The average molecular weight is 461 g/mol. The van der Waals surface area contributed by atoms with Crippen LogP contribution >= 0.6 is 11.8 Å². The Morgan fingerprint density at radius 3 is 2.55 bits per heavy atom. The lowest BCUT2D eigenvalue weighted by Crippen LogP contribution is -2.22. The smallest absolute Gasteiger partial charge is 0.297 e. The fourth-order valence-electron chi connectivity index (χ4n) is 3.47. The molecule has 11 heteroatoms. The van der Waals surface area contributed by atoms with E-state index in [-0.39, 0.29) is 5.56 Å². The third-order valence-corrected chi connectivity index (χ3v) is 6.18. The second kappa shape index (κ2) is 8.51. The van der Waals surface area contributed by atoms with Crippen molar-refractivity contribution in [3.05, 3.63) is 82.1 Å². The highest BCUT2D eigenvalue weighted by atomic mass is 32.2. The molecule has 0 N–H and O–H groups in total. The van der Waals surface area contributed by atoms with Crippen LogP contribution in [0, 0.1) is 13.8 Å². The zero-order chi connectivity index (χ0) is 22.9. The molecule has 3 aromatic heterocycles. The van der Waals surface area contributed by atoms with Gasteiger partial charge in [0.15, 0.2) is 5.69 Å². The number of para-hydroxylation sites is 1. The highest BCUT2D eigenvalue weighted by Crippen LogP contribution is 2.24. The Hall–Kier alpha value is -3.99. The molecule has 10 nitrogen and oxygen atoms in total. The van der Waals surface area contributed by atoms with Gasteiger partial charge in [0.25, 0.3) is 5.56 Å². The lowest BCUT2D eigenvalue weighted by atomic mass is 10.1. The van der Waals surface area contributed by atoms with E-state index in [1.807, 2.05) is 75.5 Å². The van der Waals surface area contributed by atoms with Crippen LogP contribution in [-0.4, -0.2) is 39.7 Å². The summed E-state index contributed by atoms with van der Waals surface area (Å²) in [6.07, 6.45) is 0. The zero-order valence-corrected chi connectivity index (χ0v) is 19.0. The topological polar surface area (TPSA) is 109 Å². The Morgan fingerprint density at radius 2 is 1.79 bits per heavy atom. The number of benzene rings is 2. The Morgan fingerprint density at radius 1 is 1.03 bits per heavy atom. The van der Waals surface area contributed by atoms with Gasteiger partial charge in [0.05, 0.1) is 17.1 Å². The summed E-state index contributed by atoms with van der Waals surface area (Å²) in [6, 6.07) is 17.3. The minimum absolute atomic E-state index is 0.213. The predicted molar refractivity (Wildman–Crippen MR) is 122 cm³/mol. The molecule has 0 unspecified atom stereocenters. The molecule has 0 atom stereocenters. The molecule has 0 spiro atoms. The second-order valence-electron chi connectivity index (χ2n) is 7.45. The minimum atomic E-state index is -0.213. The molecular formula is C22H20N8O2S. The van der Waals surface area contributed by atoms with E-state index < -0.39 is 0 Å². The maximum atomic E-state index is 13.3. The Labute approximate surface area is 192 Å². The average Bonchev–Trinajstić information content (AvgIpc) is 3.53. The summed E-state index contributed by atoms with van der Waals surface area (Å²) in [5, 5.41) is 16.5. The number of aryl methyl sites for hydroxylation is 1. The van der Waals surface area contributed by atoms with Crippen LogP contribution in [0.15, 0.2) is 69.1 Å². The van der Waals surface area contributed by atoms with Crippen LogP contribution < -0.4 is 5.56 Å². The van der Waals surface area contributed by atoms with Gasteiger partial charge in [0.2, 0.25) is 16.9 Å². The van der Waals surface area contributed by atoms with Crippen LogP contribution in [0.5, 0.6) is 0 Å². The fraction of sp³-hybridized carbons (Fsp3) is 0.182. The van der Waals surface area contributed by atoms with Gasteiger partial charge in [-0.25, -0.2) is 4.68 Å². The van der Waals surface area contributed by atoms with Crippen molar-refractivity contribution in [1.82, 2.24) is 39.7 Å². The largest absolute Gasteiger partial charge is 0.338 e. The van der Waals surface area contributed by atoms with Crippen molar-refractivity contribution in [3.8, 4) is 22.8 Å². The van der Waals surface area contributed by atoms with E-state index in [0.717, 1.165) is 22.5 Å². The van der Waals surface area contributed by atoms with Crippen LogP contribution in [-0.2, 0) is 12.8 Å². The van der Waals surface area contributed by atoms with Crippen LogP contribution in [0.3, 0.4) is 0 Å². The molecule has 166 valence electrons. The molecule has 33 heavy (non-hydrogen) atoms. The molecule has 0 saturated heterocycles. The predicted octanol–water partition coefficient (Wildman–Crippen LogP) is 3.11. The number of nitrogens with zero attached hydrogens (tertiary/aromatic N) is 8. The van der Waals surface area contributed by atoms with Crippen molar-refractivity contribution >= 4 is 11.8 Å². The summed E-state index contributed by atoms with van der Waals surface area (Å²) in [5.41, 5.74) is 3.71. The molecule has 0 aliphatic heterocycles. The molecule has 0 fully saturated rings. The van der Waals surface area contributed by atoms with E-state index >= 15 is 0 Å². The Balaban J connectivity index is 1.41. The van der Waals surface area contributed by atoms with Gasteiger partial charge < -0.3 is 4.52 Å². The molecule has 0 bridgehead atoms. The molecule has 5 aromatic rings. The number of aromatic nitrogens is 8. The SMILES string of the molecule is Cc1ccc(-c2noc(CSc3nnnn3-c3c(C)n(C)n(-c4ccccc4)c3=O)n2)cc1. The maximum absolute atomic E-state index is 13.3. The Kier molecular flexibility index (Phi) is 5.38. The van der Waals surface area contributed by atoms with Crippen LogP contribution in [0.4, 0.5) is 0 Å². The molecular weight excluding hydrogens is 440 g/mol. The lowest BCUT2D eigenvalue weighted by Gasteiger charge is -2.07. The highest BCUT2D eigenvalue weighted by molar-refractivity contribution is 7.98. The van der Waals surface area contributed by atoms with E-state index in [9.17, 15) is 4.79 Å². The molecule has 0 radical (unpaired) electrons. The van der Waals surface area contributed by atoms with Crippen molar-refractivity contribution in [2.24, 2.45) is 7.05 Å². The van der Waals surface area contributed by atoms with Crippen molar-refractivity contribution in [2.45, 2.75) is 24.8 Å². The highest BCUT2D eigenvalue weighted by Gasteiger charge is 2.22. The normalized spacial score (nSPS) is 11.2. The van der Waals surface area contributed by atoms with E-state index in [0.29, 0.717) is 28.3 Å². The first-order valence-corrected chi connectivity index (χ1v) is 11.2. The van der Waals surface area contributed by atoms with Gasteiger partial charge in [-0.15, -0.1) is 5.10 Å². The maximum Gasteiger partial charge on any atom is 0.297 e. The second-order valence-corrected chi connectivity index (χ2v) is 8.39. The first kappa shape index (κ1) is 20.9. The summed E-state index contributed by atoms with van der Waals surface area (Å²) in [4.78, 5) is 17.8. The molecule has 0 amide bonds. The van der Waals surface area contributed by atoms with Gasteiger partial charge in [-0.1, -0.05) is 64.9 Å². The van der Waals surface area contributed by atoms with Crippen LogP contribution in [0.1, 0.15) is 17.1 Å². The van der Waals surface area contributed by atoms with E-state index in [2.05, 4.69) is 25.7 Å². The quantitative estimate of drug-likeness (QED) is 0.356. The van der Waals surface area contributed by atoms with Gasteiger partial charge >= 0.3 is 0 Å². The minimum Gasteiger partial charge on any atom is -0.338 e. The number of rotatable bonds is 6. The first-order valence-electron chi connectivity index (χ1n) is 10.2. The van der Waals surface area contributed by atoms with Crippen LogP contribution in [0.25, 0.3) is 22.8 Å². The molecule has 0 saturated carbocycles. The van der Waals surface area contributed by atoms with Gasteiger partial charge in [-0.05, 0) is 36.4 Å². The standard InChI is InChI=1S/C22H20N8O2S/c1-14-9-11-16(12-10-14)20-23-18(32-25-20)13-33-22-24-26-27-29(22)19-15(2)28(3)30(21(19)31)17-7-5-4-6-8-17/h4-12H,13H2,1-3H3. The van der Waals surface area contributed by atoms with Crippen molar-refractivity contribution < 1.29 is 4.52 Å². The number of thioether (sulfide) groups is 1. The lowest BCUT2D eigenvalue weighted by molar-refractivity contribution is 0.391. The van der Waals surface area contributed by atoms with Crippen molar-refractivity contribution in [3.63, 3.8) is 0 Å². The van der Waals surface area contributed by atoms with Gasteiger partial charge in [0.1, 0.15) is 0 Å². The molecule has 3 heterocycles. The summed E-state index contributed by atoms with van der Waals surface area (Å²) >= 11 is 1.31. The summed E-state index contributed by atoms with van der Waals surface area (Å²) in [5.74, 6) is 1.32. The number of hydrogen-bond acceptors (Lipinski definition) is 8. The monoisotopic (exact) mass is 460 g/mol. The van der Waals surface area contributed by atoms with Crippen LogP contribution in [0.2, 0.25) is 0 Å². The van der Waals surface area contributed by atoms with Gasteiger partial charge in [-0.3, -0.25) is 9.48 Å². The number of tetrazole rings is 1. The van der Waals surface area contributed by atoms with Crippen molar-refractivity contribution in [1.29, 1.82) is 0 Å². The van der Waals surface area contributed by atoms with Crippen molar-refractivity contribution in [2.75, 3.05) is 0 Å². The Bertz CT molecular complexity index is 1460. The zero-order valence-electron chi connectivity index (χ0n) is 18.2. The third kappa shape index (κ3) is 3.87. The molecule has 2 aromatic carbocycles. The molecule has 0 aliphatic carbocycles. The number of hydrogen-bond donors (Lipinski definition) is 0. The molecule has 0 aliphatic rings. The summed E-state index contributed by atoms with van der Waals surface area (Å²) in [6.45, 7) is 3.88.